The van der Waals surface area contributed by atoms with Gasteiger partial charge in [0.1, 0.15) is 24.2 Å². The number of carboxylic acid groups (broad SMARTS) is 1. The summed E-state index contributed by atoms with van der Waals surface area (Å²) in [6.07, 6.45) is 9.89. The normalized spacial score (nSPS) is 22.5. The van der Waals surface area contributed by atoms with E-state index in [1.807, 2.05) is 37.4 Å². The Kier molecular flexibility index (Phi) is 15.3. The second-order valence-corrected chi connectivity index (χ2v) is 19.2. The number of methoxy groups -OCH3 is 2. The van der Waals surface area contributed by atoms with Gasteiger partial charge in [-0.25, -0.2) is 9.48 Å². The van der Waals surface area contributed by atoms with Crippen LogP contribution in [-0.4, -0.2) is 108 Å². The highest BCUT2D eigenvalue weighted by Gasteiger charge is 2.62. The van der Waals surface area contributed by atoms with Crippen molar-refractivity contribution in [2.75, 3.05) is 54.5 Å². The minimum atomic E-state index is -1.34. The van der Waals surface area contributed by atoms with Crippen molar-refractivity contribution >= 4 is 23.6 Å². The second kappa shape index (κ2) is 20.8. The molecule has 7 rings (SSSR count). The van der Waals surface area contributed by atoms with Crippen LogP contribution >= 0.6 is 0 Å². The lowest BCUT2D eigenvalue weighted by Crippen LogP contribution is -2.70. The lowest BCUT2D eigenvalue weighted by atomic mass is 9.48. The maximum absolute atomic E-state index is 14.4. The van der Waals surface area contributed by atoms with Crippen LogP contribution in [0.15, 0.2) is 42.5 Å². The first-order valence-corrected chi connectivity index (χ1v) is 23.2. The molecule has 0 spiro atoms. The van der Waals surface area contributed by atoms with Gasteiger partial charge in [-0.15, -0.1) is 0 Å². The lowest BCUT2D eigenvalue weighted by molar-refractivity contribution is -0.163. The lowest BCUT2D eigenvalue weighted by Gasteiger charge is -2.59. The molecule has 1 aromatic heterocycles. The SMILES string of the molecule is [2H]NCCCCC(C(C)=O)C(C)CCCN(C)CCCN(C)C(=O)c1ccc(-n2nc(C(=O)NC3(C(=O)O)C4CC5CC(C4)CC3C5)cc2-c2c(OC)cccc2OC)c(C(C)C)c1. The summed E-state index contributed by atoms with van der Waals surface area (Å²) in [7, 11) is 7.07. The molecule has 4 fully saturated rings. The fourth-order valence-corrected chi connectivity index (χ4v) is 11.4. The number of carbonyl (C=O) groups excluding carboxylic acids is 3. The summed E-state index contributed by atoms with van der Waals surface area (Å²) in [5.74, 6) is 0.797. The van der Waals surface area contributed by atoms with Crippen molar-refractivity contribution in [3.8, 4) is 28.4 Å². The number of nitrogens with one attached hydrogen (secondary N) is 1. The number of hydrogen-bond acceptors (Lipinski definition) is 9. The number of carboxylic acids is 1. The first kappa shape index (κ1) is 46.2. The van der Waals surface area contributed by atoms with E-state index in [9.17, 15) is 24.3 Å². The maximum atomic E-state index is 14.4. The van der Waals surface area contributed by atoms with Crippen LogP contribution in [0.4, 0.5) is 0 Å². The molecule has 3 aromatic rings. The van der Waals surface area contributed by atoms with Crippen molar-refractivity contribution in [3.05, 3.63) is 59.3 Å². The molecule has 344 valence electrons. The summed E-state index contributed by atoms with van der Waals surface area (Å²) in [6, 6.07) is 12.7. The third-order valence-electron chi connectivity index (χ3n) is 14.6. The number of aromatic nitrogens is 2. The highest BCUT2D eigenvalue weighted by atomic mass is 16.5. The highest BCUT2D eigenvalue weighted by Crippen LogP contribution is 2.58. The van der Waals surface area contributed by atoms with Crippen LogP contribution in [0.1, 0.15) is 131 Å². The molecule has 13 nitrogen and oxygen atoms in total. The number of ether oxygens (including phenoxy) is 2. The topological polar surface area (TPSA) is 169 Å². The Balaban J connectivity index is 1.18. The Hall–Kier alpha value is -4.75. The van der Waals surface area contributed by atoms with Gasteiger partial charge in [0.15, 0.2) is 5.69 Å². The van der Waals surface area contributed by atoms with Crippen molar-refractivity contribution in [3.63, 3.8) is 0 Å². The van der Waals surface area contributed by atoms with Crippen molar-refractivity contribution in [2.45, 2.75) is 110 Å². The van der Waals surface area contributed by atoms with Gasteiger partial charge in [0.25, 0.3) is 11.8 Å². The quantitative estimate of drug-likeness (QED) is 0.0755. The molecule has 4 aliphatic carbocycles. The molecule has 1 heterocycles. The van der Waals surface area contributed by atoms with Crippen LogP contribution in [0.5, 0.6) is 11.5 Å². The summed E-state index contributed by atoms with van der Waals surface area (Å²) in [5.41, 5.74) is 4.35. The smallest absolute Gasteiger partial charge is 0.330 e. The minimum absolute atomic E-state index is 0.0432. The number of aliphatic carboxylic acids is 1. The number of nitrogens with zero attached hydrogens (tertiary/aromatic N) is 4. The molecule has 0 radical (unpaired) electrons. The van der Waals surface area contributed by atoms with Crippen LogP contribution < -0.4 is 20.5 Å². The molecule has 4 saturated carbocycles. The minimum Gasteiger partial charge on any atom is -0.496 e. The van der Waals surface area contributed by atoms with E-state index in [0.717, 1.165) is 89.3 Å². The summed E-state index contributed by atoms with van der Waals surface area (Å²) in [5, 5.41) is 18.8. The monoisotopic (exact) mass is 870 g/mol. The number of Topliss-reactive ketones (excluding diaryl/α,β-unsaturated/α-hetero) is 1. The van der Waals surface area contributed by atoms with Gasteiger partial charge in [-0.2, -0.15) is 5.10 Å². The molecule has 4 aliphatic rings. The van der Waals surface area contributed by atoms with Crippen LogP contribution in [0.3, 0.4) is 0 Å². The van der Waals surface area contributed by atoms with Gasteiger partial charge in [-0.05, 0) is 175 Å². The van der Waals surface area contributed by atoms with Crippen LogP contribution in [0.25, 0.3) is 16.9 Å². The molecular formula is C50H72N6O7. The predicted molar refractivity (Wildman–Crippen MR) is 246 cm³/mol. The molecule has 0 saturated heterocycles. The fourth-order valence-electron chi connectivity index (χ4n) is 11.4. The molecule has 2 amide bonds. The summed E-state index contributed by atoms with van der Waals surface area (Å²) in [6.45, 7) is 10.9. The van der Waals surface area contributed by atoms with E-state index < -0.39 is 17.4 Å². The number of hydrogen-bond donors (Lipinski definition) is 3. The molecule has 4 bridgehead atoms. The number of benzene rings is 2. The zero-order valence-electron chi connectivity index (χ0n) is 39.9. The van der Waals surface area contributed by atoms with Crippen LogP contribution in [0, 0.1) is 35.5 Å². The molecule has 2 atom stereocenters. The number of ketones is 1. The van der Waals surface area contributed by atoms with E-state index in [1.54, 1.807) is 42.9 Å². The van der Waals surface area contributed by atoms with Gasteiger partial charge in [0.05, 0.1) is 31.2 Å². The van der Waals surface area contributed by atoms with E-state index in [1.165, 1.54) is 0 Å². The fraction of sp³-hybridized carbons (Fsp3) is 0.620. The number of carbonyl (C=O) groups is 4. The molecule has 4 N–H and O–H groups in total. The average molecular weight is 870 g/mol. The maximum Gasteiger partial charge on any atom is 0.330 e. The second-order valence-electron chi connectivity index (χ2n) is 19.2. The third kappa shape index (κ3) is 10.3. The van der Waals surface area contributed by atoms with Gasteiger partial charge in [0, 0.05) is 25.1 Å². The largest absolute Gasteiger partial charge is 0.496 e. The van der Waals surface area contributed by atoms with Crippen LogP contribution in [0.2, 0.25) is 1.41 Å². The number of amides is 2. The van der Waals surface area contributed by atoms with Crippen molar-refractivity contribution < 1.29 is 35.2 Å². The summed E-state index contributed by atoms with van der Waals surface area (Å²) < 4.78 is 20.5. The molecule has 2 aromatic carbocycles. The third-order valence-corrected chi connectivity index (χ3v) is 14.6. The van der Waals surface area contributed by atoms with E-state index in [4.69, 9.17) is 16.0 Å². The van der Waals surface area contributed by atoms with Gasteiger partial charge in [-0.3, -0.25) is 14.4 Å². The van der Waals surface area contributed by atoms with Crippen molar-refractivity contribution in [1.82, 2.24) is 24.9 Å². The highest BCUT2D eigenvalue weighted by molar-refractivity contribution is 5.98. The van der Waals surface area contributed by atoms with Crippen LogP contribution in [-0.2, 0) is 9.59 Å². The van der Waals surface area contributed by atoms with Gasteiger partial charge >= 0.3 is 5.97 Å². The Morgan fingerprint density at radius 1 is 0.905 bits per heavy atom. The predicted octanol–water partition coefficient (Wildman–Crippen LogP) is 7.83. The summed E-state index contributed by atoms with van der Waals surface area (Å²) in [4.78, 5) is 58.0. The Morgan fingerprint density at radius 3 is 2.14 bits per heavy atom. The Bertz CT molecular complexity index is 2070. The number of nitrogens with two attached hydrogens (primary N) is 1. The van der Waals surface area contributed by atoms with E-state index >= 15 is 0 Å². The Morgan fingerprint density at radius 2 is 1.56 bits per heavy atom. The molecule has 13 heteroatoms. The first-order chi connectivity index (χ1) is 30.6. The molecular weight excluding hydrogens is 797 g/mol. The zero-order valence-corrected chi connectivity index (χ0v) is 38.9. The van der Waals surface area contributed by atoms with Gasteiger partial charge < -0.3 is 35.4 Å². The molecule has 0 aliphatic heterocycles. The first-order valence-electron chi connectivity index (χ1n) is 23.7. The standard InChI is InChI=1S/C50H72N6O7/c1-31(2)40-29-36(48(59)55(6)23-13-22-54(5)21-12-14-32(3)39(33(4)57)15-9-10-20-51)18-19-42(40)56-43(46-44(62-7)16-11-17-45(46)63-8)30-41(53-56)47(58)52-50(49(60)61)37-25-34-24-35(27-37)28-38(50)26-34/h11,16-19,29-32,34-35,37-39H,9-10,12-15,20-28,51H2,1-8H3,(H,52,58)(H,60,61)/i/hD. The Labute approximate surface area is 375 Å². The zero-order chi connectivity index (χ0) is 46.3. The average Bonchev–Trinajstić information content (AvgIpc) is 3.71. The molecule has 2 unspecified atom stereocenters. The number of rotatable bonds is 24. The number of unbranched alkanes of at least 4 members (excludes halogenated alkanes) is 1. The van der Waals surface area contributed by atoms with E-state index in [0.29, 0.717) is 64.9 Å². The van der Waals surface area contributed by atoms with Gasteiger partial charge in [-0.1, -0.05) is 33.3 Å². The van der Waals surface area contributed by atoms with Crippen molar-refractivity contribution in [1.29, 1.82) is 0 Å². The van der Waals surface area contributed by atoms with Gasteiger partial charge in [0.2, 0.25) is 0 Å². The van der Waals surface area contributed by atoms with E-state index in [-0.39, 0.29) is 41.1 Å². The summed E-state index contributed by atoms with van der Waals surface area (Å²) >= 11 is 0. The van der Waals surface area contributed by atoms with Crippen molar-refractivity contribution in [2.24, 2.45) is 41.2 Å². The molecule has 63 heavy (non-hydrogen) atoms. The van der Waals surface area contributed by atoms with E-state index in [2.05, 4.69) is 43.8 Å².